The van der Waals surface area contributed by atoms with E-state index in [9.17, 15) is 5.11 Å². The van der Waals surface area contributed by atoms with Gasteiger partial charge < -0.3 is 10.8 Å². The second kappa shape index (κ2) is 3.34. The highest BCUT2D eigenvalue weighted by Crippen LogP contribution is 2.16. The van der Waals surface area contributed by atoms with E-state index in [0.29, 0.717) is 12.1 Å². The molecule has 1 atom stereocenters. The lowest BCUT2D eigenvalue weighted by molar-refractivity contribution is 0.173. The first-order valence-electron chi connectivity index (χ1n) is 3.62. The standard InChI is InChI=1S/C8H12N2O/c1-2-8(11)6-3-7(9)5-10-4-6/h3-5,8,11H,2,9H2,1H3. The molecule has 0 aliphatic carbocycles. The van der Waals surface area contributed by atoms with Crippen LogP contribution in [0.3, 0.4) is 0 Å². The summed E-state index contributed by atoms with van der Waals surface area (Å²) in [4.78, 5) is 3.87. The number of rotatable bonds is 2. The van der Waals surface area contributed by atoms with Crippen LogP contribution in [0.25, 0.3) is 0 Å². The summed E-state index contributed by atoms with van der Waals surface area (Å²) in [7, 11) is 0. The van der Waals surface area contributed by atoms with Crippen LogP contribution in [0.15, 0.2) is 18.5 Å². The molecule has 0 radical (unpaired) electrons. The average molecular weight is 152 g/mol. The molecule has 3 nitrogen and oxygen atoms in total. The number of nitrogen functional groups attached to an aromatic ring is 1. The Morgan fingerprint density at radius 1 is 1.64 bits per heavy atom. The zero-order valence-corrected chi connectivity index (χ0v) is 6.49. The minimum atomic E-state index is -0.439. The molecule has 0 saturated carbocycles. The van der Waals surface area contributed by atoms with Crippen LogP contribution in [0.5, 0.6) is 0 Å². The van der Waals surface area contributed by atoms with Gasteiger partial charge in [-0.3, -0.25) is 4.98 Å². The van der Waals surface area contributed by atoms with Gasteiger partial charge in [0.15, 0.2) is 0 Å². The minimum Gasteiger partial charge on any atom is -0.397 e. The number of nitrogens with zero attached hydrogens (tertiary/aromatic N) is 1. The van der Waals surface area contributed by atoms with Crippen molar-refractivity contribution in [3.63, 3.8) is 0 Å². The number of aromatic nitrogens is 1. The number of hydrogen-bond donors (Lipinski definition) is 2. The largest absolute Gasteiger partial charge is 0.397 e. The van der Waals surface area contributed by atoms with Gasteiger partial charge in [-0.15, -0.1) is 0 Å². The quantitative estimate of drug-likeness (QED) is 0.667. The molecule has 3 N–H and O–H groups in total. The fourth-order valence-corrected chi connectivity index (χ4v) is 0.894. The third-order valence-corrected chi connectivity index (χ3v) is 1.55. The summed E-state index contributed by atoms with van der Waals surface area (Å²) in [5.74, 6) is 0. The van der Waals surface area contributed by atoms with Crippen LogP contribution in [0.2, 0.25) is 0 Å². The number of anilines is 1. The maximum absolute atomic E-state index is 9.36. The number of aliphatic hydroxyl groups excluding tert-OH is 1. The fraction of sp³-hybridized carbons (Fsp3) is 0.375. The summed E-state index contributed by atoms with van der Waals surface area (Å²) >= 11 is 0. The molecule has 60 valence electrons. The molecule has 1 rings (SSSR count). The van der Waals surface area contributed by atoms with Crippen molar-refractivity contribution in [3.8, 4) is 0 Å². The number of aliphatic hydroxyl groups is 1. The highest BCUT2D eigenvalue weighted by atomic mass is 16.3. The lowest BCUT2D eigenvalue weighted by Gasteiger charge is -2.06. The zero-order valence-electron chi connectivity index (χ0n) is 6.49. The Hall–Kier alpha value is -1.09. The van der Waals surface area contributed by atoms with Crippen molar-refractivity contribution in [1.29, 1.82) is 0 Å². The molecule has 0 amide bonds. The number of hydrogen-bond acceptors (Lipinski definition) is 3. The van der Waals surface area contributed by atoms with Gasteiger partial charge in [0.1, 0.15) is 0 Å². The normalized spacial score (nSPS) is 12.9. The van der Waals surface area contributed by atoms with Gasteiger partial charge in [0.25, 0.3) is 0 Å². The molecule has 3 heteroatoms. The van der Waals surface area contributed by atoms with Crippen molar-refractivity contribution in [3.05, 3.63) is 24.0 Å². The first-order chi connectivity index (χ1) is 5.24. The molecule has 1 unspecified atom stereocenters. The molecule has 1 heterocycles. The van der Waals surface area contributed by atoms with Crippen molar-refractivity contribution in [2.45, 2.75) is 19.4 Å². The molecular formula is C8H12N2O. The number of pyridine rings is 1. The van der Waals surface area contributed by atoms with E-state index in [1.165, 1.54) is 0 Å². The minimum absolute atomic E-state index is 0.439. The van der Waals surface area contributed by atoms with Crippen LogP contribution in [0, 0.1) is 0 Å². The second-order valence-electron chi connectivity index (χ2n) is 2.48. The van der Waals surface area contributed by atoms with Gasteiger partial charge in [-0.2, -0.15) is 0 Å². The van der Waals surface area contributed by atoms with Crippen molar-refractivity contribution >= 4 is 5.69 Å². The van der Waals surface area contributed by atoms with Crippen molar-refractivity contribution in [2.75, 3.05) is 5.73 Å². The molecule has 0 aliphatic rings. The summed E-state index contributed by atoms with van der Waals surface area (Å²) in [6.45, 7) is 1.91. The van der Waals surface area contributed by atoms with Crippen molar-refractivity contribution < 1.29 is 5.11 Å². The molecule has 1 aromatic heterocycles. The van der Waals surface area contributed by atoms with E-state index in [-0.39, 0.29) is 0 Å². The van der Waals surface area contributed by atoms with E-state index in [4.69, 9.17) is 5.73 Å². The van der Waals surface area contributed by atoms with Crippen LogP contribution in [0.1, 0.15) is 25.0 Å². The van der Waals surface area contributed by atoms with Crippen molar-refractivity contribution in [2.24, 2.45) is 0 Å². The maximum Gasteiger partial charge on any atom is 0.0803 e. The van der Waals surface area contributed by atoms with E-state index in [0.717, 1.165) is 5.56 Å². The first kappa shape index (κ1) is 8.01. The van der Waals surface area contributed by atoms with Crippen LogP contribution in [-0.2, 0) is 0 Å². The molecule has 0 fully saturated rings. The summed E-state index contributed by atoms with van der Waals surface area (Å²) in [6, 6.07) is 1.74. The van der Waals surface area contributed by atoms with E-state index in [1.54, 1.807) is 18.5 Å². The van der Waals surface area contributed by atoms with Gasteiger partial charge in [0, 0.05) is 18.0 Å². The zero-order chi connectivity index (χ0) is 8.27. The Morgan fingerprint density at radius 3 is 2.91 bits per heavy atom. The Kier molecular flexibility index (Phi) is 2.44. The Bertz CT molecular complexity index is 237. The third kappa shape index (κ3) is 1.91. The molecule has 0 aromatic carbocycles. The van der Waals surface area contributed by atoms with E-state index in [2.05, 4.69) is 4.98 Å². The van der Waals surface area contributed by atoms with Crippen LogP contribution < -0.4 is 5.73 Å². The Morgan fingerprint density at radius 2 is 2.36 bits per heavy atom. The third-order valence-electron chi connectivity index (χ3n) is 1.55. The summed E-state index contributed by atoms with van der Waals surface area (Å²) in [5, 5.41) is 9.36. The van der Waals surface area contributed by atoms with Gasteiger partial charge in [-0.25, -0.2) is 0 Å². The summed E-state index contributed by atoms with van der Waals surface area (Å²) < 4.78 is 0. The summed E-state index contributed by atoms with van der Waals surface area (Å²) in [6.07, 6.45) is 3.44. The van der Waals surface area contributed by atoms with Gasteiger partial charge in [-0.05, 0) is 12.5 Å². The highest BCUT2D eigenvalue weighted by Gasteiger charge is 2.03. The Labute approximate surface area is 65.9 Å². The lowest BCUT2D eigenvalue weighted by Crippen LogP contribution is -1.97. The predicted octanol–water partition coefficient (Wildman–Crippen LogP) is 1.11. The smallest absolute Gasteiger partial charge is 0.0803 e. The van der Waals surface area contributed by atoms with Crippen LogP contribution in [-0.4, -0.2) is 10.1 Å². The van der Waals surface area contributed by atoms with Gasteiger partial charge in [-0.1, -0.05) is 6.92 Å². The Balaban J connectivity index is 2.86. The SMILES string of the molecule is CCC(O)c1cncc(N)c1. The molecule has 0 aliphatic heterocycles. The fourth-order valence-electron chi connectivity index (χ4n) is 0.894. The monoisotopic (exact) mass is 152 g/mol. The molecule has 11 heavy (non-hydrogen) atoms. The van der Waals surface area contributed by atoms with Gasteiger partial charge >= 0.3 is 0 Å². The molecular weight excluding hydrogens is 140 g/mol. The molecule has 0 spiro atoms. The first-order valence-corrected chi connectivity index (χ1v) is 3.62. The second-order valence-corrected chi connectivity index (χ2v) is 2.48. The number of nitrogens with two attached hydrogens (primary N) is 1. The molecule has 0 saturated heterocycles. The van der Waals surface area contributed by atoms with Gasteiger partial charge in [0.2, 0.25) is 0 Å². The van der Waals surface area contributed by atoms with Gasteiger partial charge in [0.05, 0.1) is 11.8 Å². The lowest BCUT2D eigenvalue weighted by atomic mass is 10.1. The van der Waals surface area contributed by atoms with E-state index in [1.807, 2.05) is 6.92 Å². The average Bonchev–Trinajstić information content (AvgIpc) is 2.03. The summed E-state index contributed by atoms with van der Waals surface area (Å²) in [5.41, 5.74) is 6.85. The maximum atomic E-state index is 9.36. The van der Waals surface area contributed by atoms with Crippen molar-refractivity contribution in [1.82, 2.24) is 4.98 Å². The van der Waals surface area contributed by atoms with E-state index < -0.39 is 6.10 Å². The topological polar surface area (TPSA) is 59.1 Å². The van der Waals surface area contributed by atoms with Crippen LogP contribution in [0.4, 0.5) is 5.69 Å². The molecule has 1 aromatic rings. The molecule has 0 bridgehead atoms. The van der Waals surface area contributed by atoms with E-state index >= 15 is 0 Å². The highest BCUT2D eigenvalue weighted by molar-refractivity contribution is 5.37. The van der Waals surface area contributed by atoms with Crippen LogP contribution >= 0.6 is 0 Å². The predicted molar refractivity (Wildman–Crippen MR) is 43.9 cm³/mol.